The minimum Gasteiger partial charge on any atom is -0.469 e. The average Bonchev–Trinajstić information content (AvgIpc) is 2.37. The van der Waals surface area contributed by atoms with Gasteiger partial charge >= 0.3 is 0 Å². The quantitative estimate of drug-likeness (QED) is 0.642. The molecule has 0 saturated carbocycles. The van der Waals surface area contributed by atoms with Gasteiger partial charge in [0, 0.05) is 6.42 Å². The van der Waals surface area contributed by atoms with E-state index in [2.05, 4.69) is 0 Å². The lowest BCUT2D eigenvalue weighted by atomic mass is 10.1. The van der Waals surface area contributed by atoms with Crippen molar-refractivity contribution in [2.24, 2.45) is 0 Å². The molecule has 0 amide bonds. The van der Waals surface area contributed by atoms with Crippen molar-refractivity contribution >= 4 is 5.78 Å². The summed E-state index contributed by atoms with van der Waals surface area (Å²) in [7, 11) is 0. The Kier molecular flexibility index (Phi) is 2.86. The lowest BCUT2D eigenvalue weighted by Gasteiger charge is -1.95. The van der Waals surface area contributed by atoms with Gasteiger partial charge in [0.05, 0.1) is 6.26 Å². The van der Waals surface area contributed by atoms with Gasteiger partial charge in [-0.25, -0.2) is 0 Å². The van der Waals surface area contributed by atoms with Crippen LogP contribution in [0.25, 0.3) is 0 Å². The maximum atomic E-state index is 10.7. The Hall–Kier alpha value is -1.31. The SMILES string of the molecule is CC(=O)/C=C(/C)Cc1ccco1. The predicted molar refractivity (Wildman–Crippen MR) is 46.9 cm³/mol. The summed E-state index contributed by atoms with van der Waals surface area (Å²) in [6.45, 7) is 3.47. The second kappa shape index (κ2) is 3.90. The lowest BCUT2D eigenvalue weighted by molar-refractivity contribution is -0.112. The van der Waals surface area contributed by atoms with E-state index in [-0.39, 0.29) is 5.78 Å². The van der Waals surface area contributed by atoms with Gasteiger partial charge in [-0.1, -0.05) is 5.57 Å². The summed E-state index contributed by atoms with van der Waals surface area (Å²) in [6, 6.07) is 3.74. The van der Waals surface area contributed by atoms with Crippen molar-refractivity contribution in [1.29, 1.82) is 0 Å². The van der Waals surface area contributed by atoms with Crippen LogP contribution in [0.1, 0.15) is 19.6 Å². The molecule has 0 saturated heterocycles. The molecule has 0 aromatic carbocycles. The van der Waals surface area contributed by atoms with E-state index in [9.17, 15) is 4.79 Å². The van der Waals surface area contributed by atoms with Crippen LogP contribution in [-0.2, 0) is 11.2 Å². The van der Waals surface area contributed by atoms with E-state index in [1.807, 2.05) is 19.1 Å². The Morgan fingerprint density at radius 2 is 2.33 bits per heavy atom. The first kappa shape index (κ1) is 8.78. The van der Waals surface area contributed by atoms with Gasteiger partial charge in [0.2, 0.25) is 0 Å². The van der Waals surface area contributed by atoms with Crippen molar-refractivity contribution in [2.45, 2.75) is 20.3 Å². The maximum absolute atomic E-state index is 10.7. The molecule has 1 aromatic heterocycles. The Balaban J connectivity index is 2.58. The predicted octanol–water partition coefficient (Wildman–Crippen LogP) is 2.36. The van der Waals surface area contributed by atoms with E-state index in [4.69, 9.17) is 4.42 Å². The van der Waals surface area contributed by atoms with E-state index >= 15 is 0 Å². The summed E-state index contributed by atoms with van der Waals surface area (Å²) >= 11 is 0. The topological polar surface area (TPSA) is 30.2 Å². The summed E-state index contributed by atoms with van der Waals surface area (Å²) in [5, 5.41) is 0. The fraction of sp³-hybridized carbons (Fsp3) is 0.300. The highest BCUT2D eigenvalue weighted by atomic mass is 16.3. The van der Waals surface area contributed by atoms with E-state index in [0.717, 1.165) is 11.3 Å². The van der Waals surface area contributed by atoms with Gasteiger partial charge in [-0.3, -0.25) is 4.79 Å². The summed E-state index contributed by atoms with van der Waals surface area (Å²) in [4.78, 5) is 10.7. The highest BCUT2D eigenvalue weighted by Gasteiger charge is 1.97. The fourth-order valence-electron chi connectivity index (χ4n) is 1.09. The van der Waals surface area contributed by atoms with Crippen LogP contribution in [0.15, 0.2) is 34.5 Å². The molecule has 0 N–H and O–H groups in total. The van der Waals surface area contributed by atoms with Gasteiger partial charge in [-0.15, -0.1) is 0 Å². The maximum Gasteiger partial charge on any atom is 0.152 e. The van der Waals surface area contributed by atoms with Gasteiger partial charge in [0.25, 0.3) is 0 Å². The highest BCUT2D eigenvalue weighted by molar-refractivity contribution is 5.87. The number of allylic oxidation sites excluding steroid dienone is 2. The van der Waals surface area contributed by atoms with Gasteiger partial charge in [-0.2, -0.15) is 0 Å². The van der Waals surface area contributed by atoms with Crippen LogP contribution in [0.3, 0.4) is 0 Å². The molecule has 2 nitrogen and oxygen atoms in total. The summed E-state index contributed by atoms with van der Waals surface area (Å²) in [5.74, 6) is 0.976. The molecule has 0 bridgehead atoms. The van der Waals surface area contributed by atoms with Crippen LogP contribution >= 0.6 is 0 Å². The van der Waals surface area contributed by atoms with Crippen molar-refractivity contribution in [3.05, 3.63) is 35.8 Å². The highest BCUT2D eigenvalue weighted by Crippen LogP contribution is 2.07. The molecule has 1 aromatic rings. The number of hydrogen-bond acceptors (Lipinski definition) is 2. The Bertz CT molecular complexity index is 281. The second-order valence-corrected chi connectivity index (χ2v) is 2.86. The molecule has 0 spiro atoms. The third kappa shape index (κ3) is 2.74. The molecule has 12 heavy (non-hydrogen) atoms. The first-order valence-electron chi connectivity index (χ1n) is 3.88. The third-order valence-corrected chi connectivity index (χ3v) is 1.48. The summed E-state index contributed by atoms with van der Waals surface area (Å²) in [5.41, 5.74) is 1.03. The number of carbonyl (C=O) groups is 1. The zero-order valence-corrected chi connectivity index (χ0v) is 7.33. The Morgan fingerprint density at radius 1 is 1.58 bits per heavy atom. The average molecular weight is 164 g/mol. The molecule has 0 atom stereocenters. The molecule has 1 heterocycles. The van der Waals surface area contributed by atoms with Gasteiger partial charge in [0.15, 0.2) is 5.78 Å². The molecule has 0 aliphatic heterocycles. The summed E-state index contributed by atoms with van der Waals surface area (Å²) in [6.07, 6.45) is 3.98. The molecule has 2 heteroatoms. The standard InChI is InChI=1S/C10H12O2/c1-8(6-9(2)11)7-10-4-3-5-12-10/h3-6H,7H2,1-2H3/b8-6-. The molecule has 0 aliphatic rings. The molecule has 0 fully saturated rings. The first-order chi connectivity index (χ1) is 5.68. The summed E-state index contributed by atoms with van der Waals surface area (Å²) < 4.78 is 5.13. The normalized spacial score (nSPS) is 11.7. The number of ketones is 1. The fourth-order valence-corrected chi connectivity index (χ4v) is 1.09. The van der Waals surface area contributed by atoms with Crippen molar-refractivity contribution in [1.82, 2.24) is 0 Å². The van der Waals surface area contributed by atoms with Crippen molar-refractivity contribution in [3.8, 4) is 0 Å². The number of furan rings is 1. The first-order valence-corrected chi connectivity index (χ1v) is 3.88. The van der Waals surface area contributed by atoms with Gasteiger partial charge in [-0.05, 0) is 32.1 Å². The van der Waals surface area contributed by atoms with E-state index in [1.54, 1.807) is 19.3 Å². The van der Waals surface area contributed by atoms with Gasteiger partial charge < -0.3 is 4.42 Å². The lowest BCUT2D eigenvalue weighted by Crippen LogP contribution is -1.88. The monoisotopic (exact) mass is 164 g/mol. The van der Waals surface area contributed by atoms with Crippen LogP contribution in [0, 0.1) is 0 Å². The molecule has 0 unspecified atom stereocenters. The molecule has 1 rings (SSSR count). The smallest absolute Gasteiger partial charge is 0.152 e. The van der Waals surface area contributed by atoms with Gasteiger partial charge in [0.1, 0.15) is 5.76 Å². The van der Waals surface area contributed by atoms with Crippen LogP contribution in [0.2, 0.25) is 0 Å². The molecule has 0 radical (unpaired) electrons. The third-order valence-electron chi connectivity index (χ3n) is 1.48. The molecule has 64 valence electrons. The van der Waals surface area contributed by atoms with E-state index in [0.29, 0.717) is 6.42 Å². The largest absolute Gasteiger partial charge is 0.469 e. The molecular weight excluding hydrogens is 152 g/mol. The van der Waals surface area contributed by atoms with Crippen LogP contribution < -0.4 is 0 Å². The minimum absolute atomic E-state index is 0.0825. The van der Waals surface area contributed by atoms with Crippen LogP contribution in [0.4, 0.5) is 0 Å². The van der Waals surface area contributed by atoms with Crippen molar-refractivity contribution < 1.29 is 9.21 Å². The minimum atomic E-state index is 0.0825. The van der Waals surface area contributed by atoms with Crippen molar-refractivity contribution in [2.75, 3.05) is 0 Å². The van der Waals surface area contributed by atoms with Crippen molar-refractivity contribution in [3.63, 3.8) is 0 Å². The van der Waals surface area contributed by atoms with E-state index in [1.165, 1.54) is 0 Å². The number of rotatable bonds is 3. The molecule has 0 aliphatic carbocycles. The van der Waals surface area contributed by atoms with Crippen LogP contribution in [0.5, 0.6) is 0 Å². The number of hydrogen-bond donors (Lipinski definition) is 0. The zero-order chi connectivity index (χ0) is 8.97. The Morgan fingerprint density at radius 3 is 2.83 bits per heavy atom. The van der Waals surface area contributed by atoms with E-state index < -0.39 is 0 Å². The Labute approximate surface area is 71.9 Å². The zero-order valence-electron chi connectivity index (χ0n) is 7.33. The molecular formula is C10H12O2. The van der Waals surface area contributed by atoms with Crippen LogP contribution in [-0.4, -0.2) is 5.78 Å². The second-order valence-electron chi connectivity index (χ2n) is 2.86. The number of carbonyl (C=O) groups excluding carboxylic acids is 1.